The van der Waals surface area contributed by atoms with Gasteiger partial charge in [-0.25, -0.2) is 4.98 Å². The van der Waals surface area contributed by atoms with Crippen LogP contribution in [-0.4, -0.2) is 57.1 Å². The van der Waals surface area contributed by atoms with Gasteiger partial charge in [-0.05, 0) is 6.92 Å². The molecule has 1 aromatic heterocycles. The van der Waals surface area contributed by atoms with Crippen LogP contribution in [0.15, 0.2) is 12.4 Å². The molecule has 1 amide bonds. The van der Waals surface area contributed by atoms with Crippen LogP contribution in [0.2, 0.25) is 0 Å². The van der Waals surface area contributed by atoms with Crippen molar-refractivity contribution in [3.05, 3.63) is 18.2 Å². The van der Waals surface area contributed by atoms with Gasteiger partial charge in [-0.2, -0.15) is 0 Å². The summed E-state index contributed by atoms with van der Waals surface area (Å²) in [4.78, 5) is 28.6. The number of nitrogens with zero attached hydrogens (tertiary/aromatic N) is 3. The monoisotopic (exact) mass is 266 g/mol. The van der Waals surface area contributed by atoms with Gasteiger partial charge in [0.1, 0.15) is 5.82 Å². The van der Waals surface area contributed by atoms with Gasteiger partial charge in [0.2, 0.25) is 5.91 Å². The number of piperazine rings is 1. The summed E-state index contributed by atoms with van der Waals surface area (Å²) in [5, 5.41) is 11.6. The number of imidazole rings is 1. The van der Waals surface area contributed by atoms with Crippen LogP contribution in [0.5, 0.6) is 0 Å². The largest absolute Gasteiger partial charge is 0.481 e. The van der Waals surface area contributed by atoms with Crippen LogP contribution >= 0.6 is 0 Å². The van der Waals surface area contributed by atoms with E-state index in [1.165, 1.54) is 0 Å². The number of hydrogen-bond acceptors (Lipinski definition) is 4. The smallest absolute Gasteiger partial charge is 0.305 e. The minimum Gasteiger partial charge on any atom is -0.481 e. The number of aliphatic carboxylic acids is 1. The molecule has 2 heterocycles. The highest BCUT2D eigenvalue weighted by Gasteiger charge is 2.31. The number of hydrogen-bond donors (Lipinski definition) is 2. The summed E-state index contributed by atoms with van der Waals surface area (Å²) in [7, 11) is 0. The van der Waals surface area contributed by atoms with Gasteiger partial charge in [0, 0.05) is 38.6 Å². The first-order valence-electron chi connectivity index (χ1n) is 6.29. The van der Waals surface area contributed by atoms with Crippen LogP contribution in [0.3, 0.4) is 0 Å². The van der Waals surface area contributed by atoms with Crippen LogP contribution < -0.4 is 5.32 Å². The molecular weight excluding hydrogens is 248 g/mol. The second-order valence-corrected chi connectivity index (χ2v) is 4.61. The Morgan fingerprint density at radius 1 is 1.58 bits per heavy atom. The van der Waals surface area contributed by atoms with Crippen molar-refractivity contribution in [1.29, 1.82) is 0 Å². The van der Waals surface area contributed by atoms with Gasteiger partial charge in [-0.15, -0.1) is 0 Å². The SMILES string of the molecule is Cc1nccn1CCN1CCNC(=O)C1CC(=O)O. The number of aromatic nitrogens is 2. The number of amides is 1. The van der Waals surface area contributed by atoms with Crippen molar-refractivity contribution >= 4 is 11.9 Å². The lowest BCUT2D eigenvalue weighted by Gasteiger charge is -2.34. The molecule has 104 valence electrons. The Bertz CT molecular complexity index is 471. The van der Waals surface area contributed by atoms with Gasteiger partial charge in [0.15, 0.2) is 0 Å². The Morgan fingerprint density at radius 2 is 2.37 bits per heavy atom. The molecule has 1 fully saturated rings. The quantitative estimate of drug-likeness (QED) is 0.748. The fraction of sp³-hybridized carbons (Fsp3) is 0.583. The Balaban J connectivity index is 1.98. The molecule has 1 aliphatic heterocycles. The molecule has 0 aliphatic carbocycles. The molecule has 2 rings (SSSR count). The fourth-order valence-electron chi connectivity index (χ4n) is 2.29. The highest BCUT2D eigenvalue weighted by Crippen LogP contribution is 2.09. The molecule has 2 N–H and O–H groups in total. The molecule has 0 saturated carbocycles. The van der Waals surface area contributed by atoms with E-state index in [1.54, 1.807) is 6.20 Å². The van der Waals surface area contributed by atoms with Gasteiger partial charge in [-0.3, -0.25) is 14.5 Å². The topological polar surface area (TPSA) is 87.5 Å². The summed E-state index contributed by atoms with van der Waals surface area (Å²) < 4.78 is 1.99. The van der Waals surface area contributed by atoms with Gasteiger partial charge in [0.25, 0.3) is 0 Å². The number of carbonyl (C=O) groups is 2. The maximum Gasteiger partial charge on any atom is 0.305 e. The van der Waals surface area contributed by atoms with Crippen molar-refractivity contribution in [1.82, 2.24) is 19.8 Å². The zero-order valence-corrected chi connectivity index (χ0v) is 10.9. The Kier molecular flexibility index (Phi) is 4.16. The third-order valence-electron chi connectivity index (χ3n) is 3.36. The van der Waals surface area contributed by atoms with E-state index in [2.05, 4.69) is 10.3 Å². The van der Waals surface area contributed by atoms with Crippen molar-refractivity contribution in [3.63, 3.8) is 0 Å². The first kappa shape index (κ1) is 13.5. The van der Waals surface area contributed by atoms with E-state index in [0.29, 0.717) is 26.2 Å². The second kappa shape index (κ2) is 5.83. The minimum absolute atomic E-state index is 0.158. The van der Waals surface area contributed by atoms with Crippen LogP contribution in [-0.2, 0) is 16.1 Å². The number of rotatable bonds is 5. The van der Waals surface area contributed by atoms with E-state index in [0.717, 1.165) is 5.82 Å². The van der Waals surface area contributed by atoms with Gasteiger partial charge < -0.3 is 15.0 Å². The molecule has 1 saturated heterocycles. The Morgan fingerprint density at radius 3 is 3.00 bits per heavy atom. The fourth-order valence-corrected chi connectivity index (χ4v) is 2.29. The first-order chi connectivity index (χ1) is 9.08. The molecular formula is C12H18N4O3. The van der Waals surface area contributed by atoms with Crippen molar-refractivity contribution in [3.8, 4) is 0 Å². The molecule has 1 aliphatic rings. The molecule has 1 atom stereocenters. The summed E-state index contributed by atoms with van der Waals surface area (Å²) in [6.45, 7) is 4.50. The number of nitrogens with one attached hydrogen (secondary N) is 1. The van der Waals surface area contributed by atoms with Crippen molar-refractivity contribution in [2.24, 2.45) is 0 Å². The maximum absolute atomic E-state index is 11.7. The van der Waals surface area contributed by atoms with E-state index in [4.69, 9.17) is 5.11 Å². The number of carbonyl (C=O) groups excluding carboxylic acids is 1. The second-order valence-electron chi connectivity index (χ2n) is 4.61. The molecule has 0 radical (unpaired) electrons. The average Bonchev–Trinajstić information content (AvgIpc) is 2.75. The van der Waals surface area contributed by atoms with E-state index in [-0.39, 0.29) is 12.3 Å². The molecule has 1 unspecified atom stereocenters. The summed E-state index contributed by atoms with van der Waals surface area (Å²) in [6.07, 6.45) is 3.45. The predicted molar refractivity (Wildman–Crippen MR) is 67.6 cm³/mol. The summed E-state index contributed by atoms with van der Waals surface area (Å²) in [5.74, 6) is -0.238. The lowest BCUT2D eigenvalue weighted by molar-refractivity contribution is -0.143. The molecule has 0 bridgehead atoms. The highest BCUT2D eigenvalue weighted by molar-refractivity contribution is 5.86. The van der Waals surface area contributed by atoms with E-state index < -0.39 is 12.0 Å². The maximum atomic E-state index is 11.7. The third kappa shape index (κ3) is 3.31. The van der Waals surface area contributed by atoms with Crippen molar-refractivity contribution < 1.29 is 14.7 Å². The summed E-state index contributed by atoms with van der Waals surface area (Å²) >= 11 is 0. The van der Waals surface area contributed by atoms with Crippen molar-refractivity contribution in [2.75, 3.05) is 19.6 Å². The van der Waals surface area contributed by atoms with Gasteiger partial charge in [-0.1, -0.05) is 0 Å². The van der Waals surface area contributed by atoms with Crippen LogP contribution in [0, 0.1) is 6.92 Å². The lowest BCUT2D eigenvalue weighted by atomic mass is 10.1. The Labute approximate surface area is 111 Å². The molecule has 19 heavy (non-hydrogen) atoms. The van der Waals surface area contributed by atoms with Crippen molar-refractivity contribution in [2.45, 2.75) is 25.9 Å². The normalized spacial score (nSPS) is 20.3. The lowest BCUT2D eigenvalue weighted by Crippen LogP contribution is -2.56. The first-order valence-corrected chi connectivity index (χ1v) is 6.29. The predicted octanol–water partition coefficient (Wildman–Crippen LogP) is -0.533. The molecule has 0 spiro atoms. The van der Waals surface area contributed by atoms with Crippen LogP contribution in [0.4, 0.5) is 0 Å². The average molecular weight is 266 g/mol. The summed E-state index contributed by atoms with van der Waals surface area (Å²) in [6, 6.07) is -0.574. The highest BCUT2D eigenvalue weighted by atomic mass is 16.4. The van der Waals surface area contributed by atoms with Crippen LogP contribution in [0.25, 0.3) is 0 Å². The van der Waals surface area contributed by atoms with Crippen LogP contribution in [0.1, 0.15) is 12.2 Å². The number of carboxylic acid groups (broad SMARTS) is 1. The molecule has 7 nitrogen and oxygen atoms in total. The molecule has 0 aromatic carbocycles. The zero-order chi connectivity index (χ0) is 13.8. The van der Waals surface area contributed by atoms with E-state index in [1.807, 2.05) is 22.6 Å². The Hall–Kier alpha value is -1.89. The van der Waals surface area contributed by atoms with E-state index >= 15 is 0 Å². The third-order valence-corrected chi connectivity index (χ3v) is 3.36. The number of aryl methyl sites for hydroxylation is 1. The van der Waals surface area contributed by atoms with Gasteiger partial charge in [0.05, 0.1) is 12.5 Å². The molecule has 1 aromatic rings. The zero-order valence-electron chi connectivity index (χ0n) is 10.9. The van der Waals surface area contributed by atoms with Gasteiger partial charge >= 0.3 is 5.97 Å². The van der Waals surface area contributed by atoms with E-state index in [9.17, 15) is 9.59 Å². The minimum atomic E-state index is -0.953. The summed E-state index contributed by atoms with van der Waals surface area (Å²) in [5.41, 5.74) is 0. The standard InChI is InChI=1S/C12H18N4O3/c1-9-13-2-4-15(9)6-7-16-5-3-14-12(19)10(16)8-11(17)18/h2,4,10H,3,5-8H2,1H3,(H,14,19)(H,17,18). The number of carboxylic acids is 1. The molecule has 7 heteroatoms.